The Hall–Kier alpha value is -1.76. The van der Waals surface area contributed by atoms with Gasteiger partial charge in [0.15, 0.2) is 0 Å². The van der Waals surface area contributed by atoms with E-state index in [-0.39, 0.29) is 6.04 Å². The van der Waals surface area contributed by atoms with E-state index in [1.165, 1.54) is 9.75 Å². The Kier molecular flexibility index (Phi) is 4.58. The van der Waals surface area contributed by atoms with Gasteiger partial charge in [-0.2, -0.15) is 0 Å². The number of carboxylic acid groups (broad SMARTS) is 1. The fourth-order valence-corrected chi connectivity index (χ4v) is 5.79. The lowest BCUT2D eigenvalue weighted by Crippen LogP contribution is -2.38. The molecule has 2 atom stereocenters. The van der Waals surface area contributed by atoms with Gasteiger partial charge in [0.25, 0.3) is 0 Å². The van der Waals surface area contributed by atoms with E-state index in [2.05, 4.69) is 30.0 Å². The van der Waals surface area contributed by atoms with E-state index in [0.29, 0.717) is 6.42 Å². The van der Waals surface area contributed by atoms with Crippen LogP contribution in [0.5, 0.6) is 0 Å². The van der Waals surface area contributed by atoms with E-state index >= 15 is 0 Å². The van der Waals surface area contributed by atoms with Gasteiger partial charge in [0.2, 0.25) is 0 Å². The highest BCUT2D eigenvalue weighted by molar-refractivity contribution is 7.19. The SMILES string of the molecule is CCc1ccc(C(c2nc3ccccc3s2)N2CCCC2C(=O)O)s1. The summed E-state index contributed by atoms with van der Waals surface area (Å²) >= 11 is 3.46. The fourth-order valence-electron chi connectivity index (χ4n) is 3.53. The third-order valence-electron chi connectivity index (χ3n) is 4.76. The van der Waals surface area contributed by atoms with Gasteiger partial charge in [0, 0.05) is 16.3 Å². The molecule has 3 aromatic rings. The van der Waals surface area contributed by atoms with Crippen LogP contribution < -0.4 is 0 Å². The molecule has 4 rings (SSSR count). The molecule has 3 heterocycles. The number of nitrogens with zero attached hydrogens (tertiary/aromatic N) is 2. The lowest BCUT2D eigenvalue weighted by Gasteiger charge is -2.29. The Bertz CT molecular complexity index is 869. The molecule has 1 aliphatic heterocycles. The second-order valence-electron chi connectivity index (χ2n) is 6.31. The van der Waals surface area contributed by atoms with Crippen LogP contribution in [0.4, 0.5) is 0 Å². The van der Waals surface area contributed by atoms with Crippen LogP contribution in [0.15, 0.2) is 36.4 Å². The van der Waals surface area contributed by atoms with E-state index in [0.717, 1.165) is 34.6 Å². The molecular formula is C19H20N2O2S2. The lowest BCUT2D eigenvalue weighted by molar-refractivity contribution is -0.142. The summed E-state index contributed by atoms with van der Waals surface area (Å²) in [5.74, 6) is -0.726. The van der Waals surface area contributed by atoms with Gasteiger partial charge in [0.1, 0.15) is 11.0 Å². The molecule has 1 fully saturated rings. The summed E-state index contributed by atoms with van der Waals surface area (Å²) in [6.45, 7) is 2.95. The summed E-state index contributed by atoms with van der Waals surface area (Å²) in [5, 5.41) is 10.7. The molecule has 0 bridgehead atoms. The van der Waals surface area contributed by atoms with Crippen molar-refractivity contribution in [1.29, 1.82) is 0 Å². The molecule has 0 aliphatic carbocycles. The number of carboxylic acids is 1. The molecule has 2 aromatic heterocycles. The molecule has 0 radical (unpaired) electrons. The first-order chi connectivity index (χ1) is 12.2. The number of aliphatic carboxylic acids is 1. The van der Waals surface area contributed by atoms with E-state index in [4.69, 9.17) is 4.98 Å². The summed E-state index contributed by atoms with van der Waals surface area (Å²) in [4.78, 5) is 21.3. The van der Waals surface area contributed by atoms with Gasteiger partial charge in [-0.3, -0.25) is 9.69 Å². The summed E-state index contributed by atoms with van der Waals surface area (Å²) in [7, 11) is 0. The highest BCUT2D eigenvalue weighted by Crippen LogP contribution is 2.40. The maximum Gasteiger partial charge on any atom is 0.320 e. The van der Waals surface area contributed by atoms with Gasteiger partial charge >= 0.3 is 5.97 Å². The number of hydrogen-bond acceptors (Lipinski definition) is 5. The Morgan fingerprint density at radius 2 is 2.16 bits per heavy atom. The number of aryl methyl sites for hydroxylation is 1. The Morgan fingerprint density at radius 1 is 1.32 bits per heavy atom. The molecule has 0 amide bonds. The van der Waals surface area contributed by atoms with E-state index in [1.807, 2.05) is 18.2 Å². The van der Waals surface area contributed by atoms with Gasteiger partial charge in [-0.15, -0.1) is 22.7 Å². The fraction of sp³-hybridized carbons (Fsp3) is 0.368. The second kappa shape index (κ2) is 6.86. The Balaban J connectivity index is 1.81. The number of para-hydroxylation sites is 1. The van der Waals surface area contributed by atoms with Crippen LogP contribution in [0, 0.1) is 0 Å². The molecule has 2 unspecified atom stereocenters. The zero-order chi connectivity index (χ0) is 17.4. The van der Waals surface area contributed by atoms with Crippen molar-refractivity contribution in [3.05, 3.63) is 51.2 Å². The van der Waals surface area contributed by atoms with Crippen LogP contribution in [-0.4, -0.2) is 33.5 Å². The molecule has 1 aliphatic rings. The quantitative estimate of drug-likeness (QED) is 0.713. The molecule has 4 nitrogen and oxygen atoms in total. The number of carbonyl (C=O) groups is 1. The molecule has 1 saturated heterocycles. The molecule has 6 heteroatoms. The second-order valence-corrected chi connectivity index (χ2v) is 8.58. The van der Waals surface area contributed by atoms with Crippen molar-refractivity contribution in [3.63, 3.8) is 0 Å². The average Bonchev–Trinajstić information content (AvgIpc) is 3.34. The molecule has 25 heavy (non-hydrogen) atoms. The molecule has 0 saturated carbocycles. The van der Waals surface area contributed by atoms with Crippen molar-refractivity contribution in [1.82, 2.24) is 9.88 Å². The van der Waals surface area contributed by atoms with E-state index in [1.54, 1.807) is 22.7 Å². The van der Waals surface area contributed by atoms with Crippen LogP contribution in [0.1, 0.15) is 40.6 Å². The van der Waals surface area contributed by atoms with Crippen LogP contribution in [0.3, 0.4) is 0 Å². The van der Waals surface area contributed by atoms with Crippen molar-refractivity contribution in [2.24, 2.45) is 0 Å². The smallest absolute Gasteiger partial charge is 0.320 e. The van der Waals surface area contributed by atoms with Crippen molar-refractivity contribution >= 4 is 38.9 Å². The summed E-state index contributed by atoms with van der Waals surface area (Å²) < 4.78 is 1.15. The number of benzene rings is 1. The van der Waals surface area contributed by atoms with Crippen LogP contribution in [0.2, 0.25) is 0 Å². The first-order valence-electron chi connectivity index (χ1n) is 8.60. The first-order valence-corrected chi connectivity index (χ1v) is 10.2. The minimum absolute atomic E-state index is 0.0636. The predicted molar refractivity (Wildman–Crippen MR) is 103 cm³/mol. The van der Waals surface area contributed by atoms with Gasteiger partial charge in [-0.05, 0) is 43.5 Å². The first kappa shape index (κ1) is 16.7. The number of hydrogen-bond donors (Lipinski definition) is 1. The van der Waals surface area contributed by atoms with Crippen molar-refractivity contribution < 1.29 is 9.90 Å². The number of rotatable bonds is 5. The molecule has 1 N–H and O–H groups in total. The number of likely N-dealkylation sites (tertiary alicyclic amines) is 1. The maximum atomic E-state index is 11.8. The predicted octanol–water partition coefficient (Wildman–Crippen LogP) is 4.56. The Labute approximate surface area is 154 Å². The normalized spacial score (nSPS) is 19.5. The summed E-state index contributed by atoms with van der Waals surface area (Å²) in [5.41, 5.74) is 0.992. The molecule has 0 spiro atoms. The van der Waals surface area contributed by atoms with Gasteiger partial charge in [-0.1, -0.05) is 19.1 Å². The highest BCUT2D eigenvalue weighted by Gasteiger charge is 2.38. The van der Waals surface area contributed by atoms with Crippen LogP contribution in [-0.2, 0) is 11.2 Å². The zero-order valence-electron chi connectivity index (χ0n) is 14.0. The monoisotopic (exact) mass is 372 g/mol. The molecular weight excluding hydrogens is 352 g/mol. The summed E-state index contributed by atoms with van der Waals surface area (Å²) in [6.07, 6.45) is 2.63. The van der Waals surface area contributed by atoms with Crippen molar-refractivity contribution in [2.45, 2.75) is 38.3 Å². The van der Waals surface area contributed by atoms with Crippen molar-refractivity contribution in [2.75, 3.05) is 6.54 Å². The summed E-state index contributed by atoms with van der Waals surface area (Å²) in [6, 6.07) is 11.9. The minimum Gasteiger partial charge on any atom is -0.480 e. The van der Waals surface area contributed by atoms with Crippen LogP contribution >= 0.6 is 22.7 Å². The standard InChI is InChI=1S/C19H20N2O2S2/c1-2-12-9-10-16(24-12)17(21-11-5-7-14(21)19(22)23)18-20-13-6-3-4-8-15(13)25-18/h3-4,6,8-10,14,17H,2,5,7,11H2,1H3,(H,22,23). The van der Waals surface area contributed by atoms with E-state index in [9.17, 15) is 9.90 Å². The maximum absolute atomic E-state index is 11.8. The van der Waals surface area contributed by atoms with Gasteiger partial charge < -0.3 is 5.11 Å². The van der Waals surface area contributed by atoms with Gasteiger partial charge in [0.05, 0.1) is 16.3 Å². The number of thiazole rings is 1. The van der Waals surface area contributed by atoms with Crippen molar-refractivity contribution in [3.8, 4) is 0 Å². The highest BCUT2D eigenvalue weighted by atomic mass is 32.1. The topological polar surface area (TPSA) is 53.4 Å². The Morgan fingerprint density at radius 3 is 2.88 bits per heavy atom. The molecule has 1 aromatic carbocycles. The lowest BCUT2D eigenvalue weighted by atomic mass is 10.1. The van der Waals surface area contributed by atoms with E-state index < -0.39 is 12.0 Å². The average molecular weight is 373 g/mol. The number of thiophene rings is 1. The zero-order valence-corrected chi connectivity index (χ0v) is 15.6. The largest absolute Gasteiger partial charge is 0.480 e. The number of fused-ring (bicyclic) bond motifs is 1. The van der Waals surface area contributed by atoms with Gasteiger partial charge in [-0.25, -0.2) is 4.98 Å². The minimum atomic E-state index is -0.726. The third kappa shape index (κ3) is 3.10. The molecule has 130 valence electrons. The van der Waals surface area contributed by atoms with Crippen LogP contribution in [0.25, 0.3) is 10.2 Å². The number of aromatic nitrogens is 1. The third-order valence-corrected chi connectivity index (χ3v) is 7.13.